The van der Waals surface area contributed by atoms with Gasteiger partial charge in [0.05, 0.1) is 5.88 Å². The number of hydrogen-bond acceptors (Lipinski definition) is 3. The Morgan fingerprint density at radius 2 is 1.84 bits per heavy atom. The van der Waals surface area contributed by atoms with E-state index in [1.807, 2.05) is 0 Å². The highest BCUT2D eigenvalue weighted by molar-refractivity contribution is 6.28. The molecule has 1 unspecified atom stereocenters. The minimum absolute atomic E-state index is 0.0196. The van der Waals surface area contributed by atoms with Gasteiger partial charge >= 0.3 is 18.0 Å². The number of alkyl halides is 6. The van der Waals surface area contributed by atoms with Crippen molar-refractivity contribution in [1.82, 2.24) is 10.2 Å². The quantitative estimate of drug-likeness (QED) is 0.619. The van der Waals surface area contributed by atoms with Crippen molar-refractivity contribution in [2.45, 2.75) is 18.1 Å². The van der Waals surface area contributed by atoms with Crippen LogP contribution in [0.3, 0.4) is 0 Å². The Morgan fingerprint density at radius 1 is 1.26 bits per heavy atom. The Kier molecular flexibility index (Phi) is 4.72. The Hall–Kier alpha value is -0.960. The first-order valence-electron chi connectivity index (χ1n) is 5.18. The summed E-state index contributed by atoms with van der Waals surface area (Å²) in [5.41, 5.74) is 0. The van der Waals surface area contributed by atoms with Crippen molar-refractivity contribution < 1.29 is 31.5 Å². The van der Waals surface area contributed by atoms with Crippen molar-refractivity contribution in [1.29, 1.82) is 0 Å². The number of Topliss-reactive ketones (excluding diaryl/α,β-unsaturated/α-hetero) is 1. The van der Waals surface area contributed by atoms with Gasteiger partial charge in [-0.1, -0.05) is 0 Å². The van der Waals surface area contributed by atoms with Crippen LogP contribution in [0.5, 0.6) is 0 Å². The Balaban J connectivity index is 2.98. The first kappa shape index (κ1) is 16.1. The summed E-state index contributed by atoms with van der Waals surface area (Å²) < 4.78 is 62.3. The summed E-state index contributed by atoms with van der Waals surface area (Å²) in [5.74, 6) is -9.31. The molecule has 0 aromatic rings. The van der Waals surface area contributed by atoms with Gasteiger partial charge in [0.15, 0.2) is 5.78 Å². The van der Waals surface area contributed by atoms with Gasteiger partial charge in [0.2, 0.25) is 0 Å². The minimum atomic E-state index is -6.00. The van der Waals surface area contributed by atoms with Crippen LogP contribution in [0.2, 0.25) is 0 Å². The Bertz CT molecular complexity index is 374. The summed E-state index contributed by atoms with van der Waals surface area (Å²) in [7, 11) is 0. The lowest BCUT2D eigenvalue weighted by Gasteiger charge is -2.37. The molecule has 1 heterocycles. The Labute approximate surface area is 109 Å². The second-order valence-corrected chi connectivity index (χ2v) is 4.16. The molecule has 10 heteroatoms. The van der Waals surface area contributed by atoms with Gasteiger partial charge in [-0.05, 0) is 0 Å². The molecule has 1 aliphatic heterocycles. The molecule has 110 valence electrons. The van der Waals surface area contributed by atoms with Crippen molar-refractivity contribution in [3.05, 3.63) is 0 Å². The molecule has 1 rings (SSSR count). The molecule has 0 bridgehead atoms. The first-order valence-corrected chi connectivity index (χ1v) is 5.71. The van der Waals surface area contributed by atoms with Crippen molar-refractivity contribution in [3.8, 4) is 0 Å². The second kappa shape index (κ2) is 5.58. The molecule has 1 atom stereocenters. The van der Waals surface area contributed by atoms with Gasteiger partial charge in [-0.2, -0.15) is 22.0 Å². The largest absolute Gasteiger partial charge is 0.463 e. The standard InChI is InChI=1S/C9H10ClF5N2O2/c10-3-6(18)5-4-16-1-2-17(5)7(19)8(11,12)9(13,14)15/h5,16H,1-4H2. The second-order valence-electron chi connectivity index (χ2n) is 3.89. The molecule has 0 aromatic carbocycles. The molecule has 0 saturated carbocycles. The Morgan fingerprint density at radius 3 is 2.32 bits per heavy atom. The highest BCUT2D eigenvalue weighted by Gasteiger charge is 2.65. The average molecular weight is 309 g/mol. The van der Waals surface area contributed by atoms with Crippen molar-refractivity contribution in [2.75, 3.05) is 25.5 Å². The van der Waals surface area contributed by atoms with Gasteiger partial charge in [-0.3, -0.25) is 9.59 Å². The number of hydrogen-bond donors (Lipinski definition) is 1. The van der Waals surface area contributed by atoms with E-state index in [1.54, 1.807) is 0 Å². The highest BCUT2D eigenvalue weighted by Crippen LogP contribution is 2.37. The molecule has 1 aliphatic rings. The van der Waals surface area contributed by atoms with E-state index in [0.29, 0.717) is 0 Å². The predicted molar refractivity (Wildman–Crippen MR) is 55.1 cm³/mol. The minimum Gasteiger partial charge on any atom is -0.324 e. The number of rotatable bonds is 3. The first-order chi connectivity index (χ1) is 8.63. The van der Waals surface area contributed by atoms with E-state index in [2.05, 4.69) is 5.32 Å². The maximum absolute atomic E-state index is 13.0. The summed E-state index contributed by atoms with van der Waals surface area (Å²) >= 11 is 5.23. The number of halogens is 6. The van der Waals surface area contributed by atoms with E-state index in [4.69, 9.17) is 11.6 Å². The maximum atomic E-state index is 13.0. The summed E-state index contributed by atoms with van der Waals surface area (Å²) in [5, 5.41) is 2.63. The molecule has 19 heavy (non-hydrogen) atoms. The molecule has 1 saturated heterocycles. The van der Waals surface area contributed by atoms with Gasteiger partial charge in [0.25, 0.3) is 0 Å². The molecular weight excluding hydrogens is 299 g/mol. The molecule has 0 aliphatic carbocycles. The number of carbonyl (C=O) groups is 2. The maximum Gasteiger partial charge on any atom is 0.463 e. The molecule has 1 N–H and O–H groups in total. The third-order valence-corrected chi connectivity index (χ3v) is 2.90. The number of carbonyl (C=O) groups excluding carboxylic acids is 2. The number of ketones is 1. The third-order valence-electron chi connectivity index (χ3n) is 2.63. The average Bonchev–Trinajstić information content (AvgIpc) is 2.35. The van der Waals surface area contributed by atoms with Crippen LogP contribution in [0.4, 0.5) is 22.0 Å². The molecule has 0 radical (unpaired) electrons. The van der Waals surface area contributed by atoms with Gasteiger partial charge in [-0.15, -0.1) is 11.6 Å². The van der Waals surface area contributed by atoms with Crippen LogP contribution in [0.1, 0.15) is 0 Å². The number of nitrogens with one attached hydrogen (secondary N) is 1. The van der Waals surface area contributed by atoms with Gasteiger partial charge < -0.3 is 10.2 Å². The molecule has 1 amide bonds. The van der Waals surface area contributed by atoms with E-state index < -0.39 is 42.3 Å². The van der Waals surface area contributed by atoms with E-state index in [-0.39, 0.29) is 18.0 Å². The van der Waals surface area contributed by atoms with E-state index in [0.717, 1.165) is 0 Å². The lowest BCUT2D eigenvalue weighted by Crippen LogP contribution is -2.63. The summed E-state index contributed by atoms with van der Waals surface area (Å²) in [6.45, 7) is -0.602. The zero-order valence-corrected chi connectivity index (χ0v) is 10.2. The van der Waals surface area contributed by atoms with Crippen LogP contribution in [0.15, 0.2) is 0 Å². The van der Waals surface area contributed by atoms with Crippen LogP contribution < -0.4 is 5.32 Å². The lowest BCUT2D eigenvalue weighted by molar-refractivity contribution is -0.275. The summed E-state index contributed by atoms with van der Waals surface area (Å²) in [6.07, 6.45) is -6.00. The lowest BCUT2D eigenvalue weighted by atomic mass is 10.1. The topological polar surface area (TPSA) is 49.4 Å². The van der Waals surface area contributed by atoms with Crippen LogP contribution >= 0.6 is 11.6 Å². The molecule has 0 aromatic heterocycles. The number of amides is 1. The van der Waals surface area contributed by atoms with Crippen molar-refractivity contribution >= 4 is 23.3 Å². The number of nitrogens with zero attached hydrogens (tertiary/aromatic N) is 1. The van der Waals surface area contributed by atoms with E-state index >= 15 is 0 Å². The predicted octanol–water partition coefficient (Wildman–Crippen LogP) is 0.792. The fourth-order valence-corrected chi connectivity index (χ4v) is 1.80. The zero-order valence-electron chi connectivity index (χ0n) is 9.44. The smallest absolute Gasteiger partial charge is 0.324 e. The SMILES string of the molecule is O=C(CCl)C1CNCCN1C(=O)C(F)(F)C(F)(F)F. The monoisotopic (exact) mass is 308 g/mol. The van der Waals surface area contributed by atoms with Crippen molar-refractivity contribution in [3.63, 3.8) is 0 Å². The normalized spacial score (nSPS) is 21.4. The van der Waals surface area contributed by atoms with E-state index in [1.165, 1.54) is 0 Å². The van der Waals surface area contributed by atoms with Gasteiger partial charge in [0, 0.05) is 19.6 Å². The van der Waals surface area contributed by atoms with Gasteiger partial charge in [-0.25, -0.2) is 0 Å². The van der Waals surface area contributed by atoms with Crippen LogP contribution in [0, 0.1) is 0 Å². The van der Waals surface area contributed by atoms with Gasteiger partial charge in [0.1, 0.15) is 6.04 Å². The summed E-state index contributed by atoms with van der Waals surface area (Å²) in [4.78, 5) is 22.9. The molecular formula is C9H10ClF5N2O2. The fraction of sp³-hybridized carbons (Fsp3) is 0.778. The molecule has 4 nitrogen and oxygen atoms in total. The van der Waals surface area contributed by atoms with Crippen molar-refractivity contribution in [2.24, 2.45) is 0 Å². The molecule has 0 spiro atoms. The van der Waals surface area contributed by atoms with E-state index in [9.17, 15) is 31.5 Å². The molecule has 1 fully saturated rings. The highest BCUT2D eigenvalue weighted by atomic mass is 35.5. The van der Waals surface area contributed by atoms with Crippen LogP contribution in [-0.4, -0.2) is 60.2 Å². The number of piperazine rings is 1. The van der Waals surface area contributed by atoms with Crippen LogP contribution in [0.25, 0.3) is 0 Å². The van der Waals surface area contributed by atoms with Crippen LogP contribution in [-0.2, 0) is 9.59 Å². The zero-order chi connectivity index (χ0) is 14.8. The summed E-state index contributed by atoms with van der Waals surface area (Å²) in [6, 6.07) is -1.41. The third kappa shape index (κ3) is 3.14. The fourth-order valence-electron chi connectivity index (χ4n) is 1.63.